The van der Waals surface area contributed by atoms with E-state index in [1.54, 1.807) is 11.3 Å². The van der Waals surface area contributed by atoms with Crippen LogP contribution in [-0.2, 0) is 17.6 Å². The average Bonchev–Trinajstić information content (AvgIpc) is 2.90. The number of H-pyrrole nitrogens is 1. The number of nitrogens with one attached hydrogen (secondary N) is 2. The third kappa shape index (κ3) is 3.24. The van der Waals surface area contributed by atoms with Crippen LogP contribution in [0.5, 0.6) is 0 Å². The molecule has 2 aromatic rings. The maximum atomic E-state index is 11.5. The quantitative estimate of drug-likeness (QED) is 0.816. The highest BCUT2D eigenvalue weighted by atomic mass is 32.1. The molecule has 0 aliphatic carbocycles. The Kier molecular flexibility index (Phi) is 3.77. The van der Waals surface area contributed by atoms with Crippen molar-refractivity contribution in [3.8, 4) is 0 Å². The Balaban J connectivity index is 1.68. The summed E-state index contributed by atoms with van der Waals surface area (Å²) in [5, 5.41) is 4.96. The molecule has 0 bridgehead atoms. The predicted octanol–water partition coefficient (Wildman–Crippen LogP) is 1.98. The highest BCUT2D eigenvalue weighted by Gasteiger charge is 2.03. The maximum absolute atomic E-state index is 11.5. The molecule has 0 fully saturated rings. The lowest BCUT2D eigenvalue weighted by Gasteiger charge is -2.02. The first-order valence-corrected chi connectivity index (χ1v) is 6.14. The van der Waals surface area contributed by atoms with Gasteiger partial charge in [-0.1, -0.05) is 6.07 Å². The van der Waals surface area contributed by atoms with Gasteiger partial charge in [-0.15, -0.1) is 11.3 Å². The first-order valence-electron chi connectivity index (χ1n) is 5.26. The van der Waals surface area contributed by atoms with E-state index in [9.17, 15) is 4.79 Å². The van der Waals surface area contributed by atoms with E-state index < -0.39 is 0 Å². The van der Waals surface area contributed by atoms with E-state index in [1.165, 1.54) is 4.88 Å². The lowest BCUT2D eigenvalue weighted by atomic mass is 10.3. The molecular weight excluding hydrogens is 220 g/mol. The van der Waals surface area contributed by atoms with Gasteiger partial charge in [-0.2, -0.15) is 0 Å². The Morgan fingerprint density at radius 3 is 3.00 bits per heavy atom. The van der Waals surface area contributed by atoms with E-state index in [4.69, 9.17) is 0 Å². The van der Waals surface area contributed by atoms with Crippen LogP contribution >= 0.6 is 11.3 Å². The summed E-state index contributed by atoms with van der Waals surface area (Å²) >= 11 is 1.72. The van der Waals surface area contributed by atoms with Crippen molar-refractivity contribution in [2.24, 2.45) is 0 Å². The monoisotopic (exact) mass is 234 g/mol. The largest absolute Gasteiger partial charge is 0.365 e. The van der Waals surface area contributed by atoms with Crippen molar-refractivity contribution >= 4 is 17.2 Å². The lowest BCUT2D eigenvalue weighted by molar-refractivity contribution is -0.120. The Morgan fingerprint density at radius 2 is 2.31 bits per heavy atom. The number of carbonyl (C=O) groups is 1. The Labute approximate surface area is 98.5 Å². The SMILES string of the molecule is O=C(Cc1ccc[nH]1)NCCc1cccs1. The van der Waals surface area contributed by atoms with Crippen molar-refractivity contribution in [3.63, 3.8) is 0 Å². The predicted molar refractivity (Wildman–Crippen MR) is 65.5 cm³/mol. The van der Waals surface area contributed by atoms with Gasteiger partial charge in [0.1, 0.15) is 0 Å². The molecule has 2 heterocycles. The second-order valence-corrected chi connectivity index (χ2v) is 4.58. The first-order chi connectivity index (χ1) is 7.84. The second kappa shape index (κ2) is 5.51. The summed E-state index contributed by atoms with van der Waals surface area (Å²) in [6.45, 7) is 0.708. The zero-order valence-corrected chi connectivity index (χ0v) is 9.72. The topological polar surface area (TPSA) is 44.9 Å². The fraction of sp³-hybridized carbons (Fsp3) is 0.250. The Bertz CT molecular complexity index is 420. The van der Waals surface area contributed by atoms with E-state index in [2.05, 4.69) is 21.7 Å². The van der Waals surface area contributed by atoms with Gasteiger partial charge >= 0.3 is 0 Å². The van der Waals surface area contributed by atoms with Crippen LogP contribution in [0.25, 0.3) is 0 Å². The van der Waals surface area contributed by atoms with Crippen LogP contribution in [0.1, 0.15) is 10.6 Å². The summed E-state index contributed by atoms with van der Waals surface area (Å²) in [7, 11) is 0. The molecule has 0 unspecified atom stereocenters. The molecule has 16 heavy (non-hydrogen) atoms. The number of aromatic amines is 1. The number of amides is 1. The summed E-state index contributed by atoms with van der Waals surface area (Å²) in [4.78, 5) is 15.8. The summed E-state index contributed by atoms with van der Waals surface area (Å²) in [6, 6.07) is 7.93. The van der Waals surface area contributed by atoms with Crippen LogP contribution in [0.4, 0.5) is 0 Å². The van der Waals surface area contributed by atoms with Crippen LogP contribution in [-0.4, -0.2) is 17.4 Å². The number of hydrogen-bond donors (Lipinski definition) is 2. The molecule has 3 nitrogen and oxygen atoms in total. The molecule has 4 heteroatoms. The van der Waals surface area contributed by atoms with Crippen molar-refractivity contribution in [1.29, 1.82) is 0 Å². The third-order valence-corrected chi connectivity index (χ3v) is 3.22. The molecule has 0 saturated carbocycles. The highest BCUT2D eigenvalue weighted by Crippen LogP contribution is 2.08. The average molecular weight is 234 g/mol. The van der Waals surface area contributed by atoms with Gasteiger partial charge in [0.05, 0.1) is 6.42 Å². The zero-order valence-electron chi connectivity index (χ0n) is 8.90. The summed E-state index contributed by atoms with van der Waals surface area (Å²) in [6.07, 6.45) is 3.17. The highest BCUT2D eigenvalue weighted by molar-refractivity contribution is 7.09. The minimum atomic E-state index is 0.0685. The van der Waals surface area contributed by atoms with Crippen LogP contribution < -0.4 is 5.32 Å². The molecule has 84 valence electrons. The van der Waals surface area contributed by atoms with E-state index >= 15 is 0 Å². The molecule has 0 atom stereocenters. The van der Waals surface area contributed by atoms with Gasteiger partial charge in [-0.05, 0) is 30.0 Å². The van der Waals surface area contributed by atoms with Gasteiger partial charge in [-0.3, -0.25) is 4.79 Å². The Morgan fingerprint density at radius 1 is 1.38 bits per heavy atom. The van der Waals surface area contributed by atoms with Crippen LogP contribution in [0, 0.1) is 0 Å². The number of carbonyl (C=O) groups excluding carboxylic acids is 1. The van der Waals surface area contributed by atoms with E-state index in [-0.39, 0.29) is 5.91 Å². The summed E-state index contributed by atoms with van der Waals surface area (Å²) < 4.78 is 0. The molecule has 0 spiro atoms. The minimum absolute atomic E-state index is 0.0685. The molecule has 0 saturated heterocycles. The van der Waals surface area contributed by atoms with Crippen LogP contribution in [0.2, 0.25) is 0 Å². The smallest absolute Gasteiger partial charge is 0.225 e. The first kappa shape index (κ1) is 11.0. The third-order valence-electron chi connectivity index (χ3n) is 2.29. The molecule has 0 aliphatic rings. The minimum Gasteiger partial charge on any atom is -0.365 e. The van der Waals surface area contributed by atoms with Gasteiger partial charge in [0.25, 0.3) is 0 Å². The van der Waals surface area contributed by atoms with Crippen molar-refractivity contribution in [1.82, 2.24) is 10.3 Å². The maximum Gasteiger partial charge on any atom is 0.225 e. The van der Waals surface area contributed by atoms with Crippen LogP contribution in [0.3, 0.4) is 0 Å². The van der Waals surface area contributed by atoms with Gasteiger partial charge in [0, 0.05) is 23.3 Å². The van der Waals surface area contributed by atoms with Crippen molar-refractivity contribution in [2.75, 3.05) is 6.54 Å². The molecular formula is C12H14N2OS. The Hall–Kier alpha value is -1.55. The van der Waals surface area contributed by atoms with Gasteiger partial charge < -0.3 is 10.3 Å². The van der Waals surface area contributed by atoms with E-state index in [1.807, 2.05) is 24.4 Å². The molecule has 0 radical (unpaired) electrons. The number of thiophene rings is 1. The molecule has 0 aromatic carbocycles. The van der Waals surface area contributed by atoms with Crippen molar-refractivity contribution < 1.29 is 4.79 Å². The zero-order chi connectivity index (χ0) is 11.2. The van der Waals surface area contributed by atoms with Gasteiger partial charge in [-0.25, -0.2) is 0 Å². The standard InChI is InChI=1S/C12H14N2OS/c15-12(9-10-3-1-6-13-10)14-7-5-11-4-2-8-16-11/h1-4,6,8,13H,5,7,9H2,(H,14,15). The van der Waals surface area contributed by atoms with E-state index in [0.29, 0.717) is 13.0 Å². The summed E-state index contributed by atoms with van der Waals surface area (Å²) in [5.74, 6) is 0.0685. The molecule has 2 aromatic heterocycles. The molecule has 1 amide bonds. The fourth-order valence-electron chi connectivity index (χ4n) is 1.49. The normalized spacial score (nSPS) is 10.2. The fourth-order valence-corrected chi connectivity index (χ4v) is 2.20. The van der Waals surface area contributed by atoms with Gasteiger partial charge in [0.15, 0.2) is 0 Å². The number of rotatable bonds is 5. The summed E-state index contributed by atoms with van der Waals surface area (Å²) in [5.41, 5.74) is 0.952. The molecule has 2 N–H and O–H groups in total. The van der Waals surface area contributed by atoms with Crippen molar-refractivity contribution in [3.05, 3.63) is 46.4 Å². The van der Waals surface area contributed by atoms with Crippen LogP contribution in [0.15, 0.2) is 35.8 Å². The number of hydrogen-bond acceptors (Lipinski definition) is 2. The molecule has 0 aliphatic heterocycles. The second-order valence-electron chi connectivity index (χ2n) is 3.55. The van der Waals surface area contributed by atoms with Gasteiger partial charge in [0.2, 0.25) is 5.91 Å². The van der Waals surface area contributed by atoms with Crippen molar-refractivity contribution in [2.45, 2.75) is 12.8 Å². The lowest BCUT2D eigenvalue weighted by Crippen LogP contribution is -2.27. The molecule has 2 rings (SSSR count). The number of aromatic nitrogens is 1. The van der Waals surface area contributed by atoms with E-state index in [0.717, 1.165) is 12.1 Å².